The minimum absolute atomic E-state index is 0.0788. The summed E-state index contributed by atoms with van der Waals surface area (Å²) in [7, 11) is 2.02. The van der Waals surface area contributed by atoms with Crippen LogP contribution in [-0.2, 0) is 16.1 Å². The summed E-state index contributed by atoms with van der Waals surface area (Å²) >= 11 is 3.02. The van der Waals surface area contributed by atoms with Gasteiger partial charge in [-0.15, -0.1) is 0 Å². The third kappa shape index (κ3) is 6.03. The zero-order chi connectivity index (χ0) is 30.6. The van der Waals surface area contributed by atoms with Crippen LogP contribution in [-0.4, -0.2) is 67.4 Å². The predicted octanol–water partition coefficient (Wildman–Crippen LogP) is 6.24. The van der Waals surface area contributed by atoms with Gasteiger partial charge in [-0.05, 0) is 67.6 Å². The molecule has 1 N–H and O–H groups in total. The maximum atomic E-state index is 14.2. The molecule has 3 aromatic carbocycles. The van der Waals surface area contributed by atoms with Gasteiger partial charge in [-0.2, -0.15) is 5.26 Å². The average Bonchev–Trinajstić information content (AvgIpc) is 3.54. The van der Waals surface area contributed by atoms with Gasteiger partial charge in [0, 0.05) is 38.1 Å². The van der Waals surface area contributed by atoms with Gasteiger partial charge in [0.2, 0.25) is 0 Å². The van der Waals surface area contributed by atoms with Gasteiger partial charge in [0.1, 0.15) is 4.91 Å². The Morgan fingerprint density at radius 1 is 1.05 bits per heavy atom. The van der Waals surface area contributed by atoms with E-state index >= 15 is 0 Å². The van der Waals surface area contributed by atoms with Gasteiger partial charge < -0.3 is 20.0 Å². The summed E-state index contributed by atoms with van der Waals surface area (Å²) in [5.41, 5.74) is 5.19. The summed E-state index contributed by atoms with van der Waals surface area (Å²) in [5.74, 6) is -0.0788. The number of nitriles is 1. The lowest BCUT2D eigenvalue weighted by molar-refractivity contribution is -0.122. The van der Waals surface area contributed by atoms with E-state index in [0.717, 1.165) is 65.4 Å². The Hall–Kier alpha value is -3.95. The molecule has 0 atom stereocenters. The van der Waals surface area contributed by atoms with Crippen molar-refractivity contribution in [3.8, 4) is 6.07 Å². The number of morpholine rings is 1. The quantitative estimate of drug-likeness (QED) is 0.293. The number of hydrogen-bond acceptors (Lipinski definition) is 10. The third-order valence-electron chi connectivity index (χ3n) is 7.69. The van der Waals surface area contributed by atoms with Crippen molar-refractivity contribution >= 4 is 57.3 Å². The van der Waals surface area contributed by atoms with Crippen molar-refractivity contribution in [1.29, 1.82) is 5.26 Å². The van der Waals surface area contributed by atoms with Crippen LogP contribution >= 0.6 is 23.5 Å². The molecule has 9 nitrogen and oxygen atoms in total. The van der Waals surface area contributed by atoms with Crippen molar-refractivity contribution < 1.29 is 9.53 Å². The number of nitrogens with zero attached hydrogens (tertiary/aromatic N) is 6. The van der Waals surface area contributed by atoms with Crippen molar-refractivity contribution in [2.75, 3.05) is 61.7 Å². The molecule has 0 bridgehead atoms. The van der Waals surface area contributed by atoms with E-state index in [1.165, 1.54) is 11.8 Å². The largest absolute Gasteiger partial charge is 0.384 e. The summed E-state index contributed by atoms with van der Waals surface area (Å²) in [6, 6.07) is 24.1. The first-order valence-electron chi connectivity index (χ1n) is 14.8. The molecule has 3 aliphatic rings. The van der Waals surface area contributed by atoms with E-state index in [1.54, 1.807) is 28.8 Å². The van der Waals surface area contributed by atoms with Gasteiger partial charge in [0.25, 0.3) is 5.91 Å². The van der Waals surface area contributed by atoms with Crippen LogP contribution in [0.1, 0.15) is 25.0 Å². The topological polar surface area (TPSA) is 87.4 Å². The highest BCUT2D eigenvalue weighted by molar-refractivity contribution is 8.19. The first-order chi connectivity index (χ1) is 21.5. The lowest BCUT2D eigenvalue weighted by Crippen LogP contribution is -2.49. The molecular formula is C33H35N7O2S2. The Balaban J connectivity index is 1.36. The van der Waals surface area contributed by atoms with Crippen LogP contribution in [0.3, 0.4) is 0 Å². The number of carbonyl (C=O) groups is 1. The highest BCUT2D eigenvalue weighted by Gasteiger charge is 2.39. The molecule has 3 aromatic rings. The number of hydrazine groups is 1. The van der Waals surface area contributed by atoms with Crippen LogP contribution in [0, 0.1) is 11.3 Å². The number of ether oxygens (including phenoxy) is 1. The fourth-order valence-electron chi connectivity index (χ4n) is 5.50. The summed E-state index contributed by atoms with van der Waals surface area (Å²) in [4.78, 5) is 24.8. The molecule has 2 fully saturated rings. The molecule has 0 radical (unpaired) electrons. The van der Waals surface area contributed by atoms with Crippen molar-refractivity contribution in [2.24, 2.45) is 4.99 Å². The minimum Gasteiger partial charge on any atom is -0.384 e. The lowest BCUT2D eigenvalue weighted by Gasteiger charge is -2.38. The van der Waals surface area contributed by atoms with Gasteiger partial charge in [-0.1, -0.05) is 42.1 Å². The SMILES string of the molecule is CCNc1ccc(C#N)cc1N=C1SC(=C2Sc3cc(N(CC)N4CCOCC4)ccc3N2C)C(=O)N1Cc1ccccc1. The molecule has 0 aliphatic carbocycles. The number of rotatable bonds is 8. The van der Waals surface area contributed by atoms with E-state index in [-0.39, 0.29) is 5.91 Å². The number of benzene rings is 3. The van der Waals surface area contributed by atoms with Crippen LogP contribution in [0.5, 0.6) is 0 Å². The molecule has 0 spiro atoms. The Morgan fingerprint density at radius 2 is 1.84 bits per heavy atom. The summed E-state index contributed by atoms with van der Waals surface area (Å²) in [5, 5.41) is 19.0. The highest BCUT2D eigenvalue weighted by Crippen LogP contribution is 2.51. The Kier molecular flexibility index (Phi) is 9.14. The molecule has 2 saturated heterocycles. The second kappa shape index (κ2) is 13.4. The first-order valence-corrected chi connectivity index (χ1v) is 16.4. The number of hydrogen-bond donors (Lipinski definition) is 1. The molecule has 44 heavy (non-hydrogen) atoms. The molecule has 226 valence electrons. The molecule has 0 aromatic heterocycles. The van der Waals surface area contributed by atoms with Crippen LogP contribution in [0.25, 0.3) is 0 Å². The van der Waals surface area contributed by atoms with Gasteiger partial charge in [-0.25, -0.2) is 10.0 Å². The van der Waals surface area contributed by atoms with E-state index in [0.29, 0.717) is 34.4 Å². The van der Waals surface area contributed by atoms with Crippen molar-refractivity contribution in [1.82, 2.24) is 9.91 Å². The van der Waals surface area contributed by atoms with E-state index in [2.05, 4.69) is 51.4 Å². The number of aliphatic imine (C=N–C) groups is 1. The molecule has 11 heteroatoms. The van der Waals surface area contributed by atoms with E-state index in [9.17, 15) is 10.1 Å². The van der Waals surface area contributed by atoms with Crippen molar-refractivity contribution in [3.05, 3.63) is 87.8 Å². The highest BCUT2D eigenvalue weighted by atomic mass is 32.2. The molecule has 0 saturated carbocycles. The number of fused-ring (bicyclic) bond motifs is 1. The summed E-state index contributed by atoms with van der Waals surface area (Å²) in [6.07, 6.45) is 0. The average molecular weight is 626 g/mol. The number of anilines is 3. The predicted molar refractivity (Wildman–Crippen MR) is 180 cm³/mol. The number of amides is 1. The van der Waals surface area contributed by atoms with Gasteiger partial charge in [0.05, 0.1) is 59.2 Å². The summed E-state index contributed by atoms with van der Waals surface area (Å²) < 4.78 is 5.57. The fourth-order valence-corrected chi connectivity index (χ4v) is 7.87. The third-order valence-corrected chi connectivity index (χ3v) is 10.1. The number of carbonyl (C=O) groups excluding carboxylic acids is 1. The Morgan fingerprint density at radius 3 is 2.57 bits per heavy atom. The van der Waals surface area contributed by atoms with E-state index in [4.69, 9.17) is 9.73 Å². The van der Waals surface area contributed by atoms with E-state index < -0.39 is 0 Å². The van der Waals surface area contributed by atoms with Gasteiger partial charge >= 0.3 is 0 Å². The van der Waals surface area contributed by atoms with Crippen molar-refractivity contribution in [2.45, 2.75) is 25.3 Å². The van der Waals surface area contributed by atoms with Crippen LogP contribution in [0.2, 0.25) is 0 Å². The Labute approximate surface area is 267 Å². The van der Waals surface area contributed by atoms with Crippen LogP contribution in [0.4, 0.5) is 22.7 Å². The first kappa shape index (κ1) is 30.1. The second-order valence-electron chi connectivity index (χ2n) is 10.5. The molecule has 1 amide bonds. The van der Waals surface area contributed by atoms with E-state index in [1.807, 2.05) is 50.4 Å². The lowest BCUT2D eigenvalue weighted by atomic mass is 10.2. The van der Waals surface area contributed by atoms with Gasteiger partial charge in [0.15, 0.2) is 5.17 Å². The van der Waals surface area contributed by atoms with Gasteiger partial charge in [-0.3, -0.25) is 9.69 Å². The normalized spacial score (nSPS) is 19.4. The summed E-state index contributed by atoms with van der Waals surface area (Å²) in [6.45, 7) is 9.34. The fraction of sp³-hybridized carbons (Fsp3) is 0.303. The molecule has 3 heterocycles. The maximum Gasteiger partial charge on any atom is 0.269 e. The second-order valence-corrected chi connectivity index (χ2v) is 12.5. The smallest absolute Gasteiger partial charge is 0.269 e. The maximum absolute atomic E-state index is 14.2. The number of amidine groups is 1. The monoisotopic (exact) mass is 625 g/mol. The number of thioether (sulfide) groups is 2. The molecule has 6 rings (SSSR count). The van der Waals surface area contributed by atoms with Crippen LogP contribution < -0.4 is 15.2 Å². The van der Waals surface area contributed by atoms with Crippen LogP contribution in [0.15, 0.2) is 86.6 Å². The molecular weight excluding hydrogens is 591 g/mol. The standard InChI is InChI=1S/C33H35N7O2S2/c1-4-35-26-13-11-24(21-34)19-27(26)36-33-39(22-23-9-7-6-8-10-23)31(41)30(44-33)32-37(3)28-14-12-25(20-29(28)43-32)40(5-2)38-15-17-42-18-16-38/h6-14,19-20,35H,4-5,15-18,22H2,1-3H3. The molecule has 3 aliphatic heterocycles. The minimum atomic E-state index is -0.0788. The molecule has 0 unspecified atom stereocenters. The number of nitrogens with one attached hydrogen (secondary N) is 1. The van der Waals surface area contributed by atoms with Crippen molar-refractivity contribution in [3.63, 3.8) is 0 Å². The Bertz CT molecular complexity index is 1650. The zero-order valence-electron chi connectivity index (χ0n) is 25.1. The zero-order valence-corrected chi connectivity index (χ0v) is 26.7.